The lowest BCUT2D eigenvalue weighted by Crippen LogP contribution is -2.36. The molecule has 106 valence electrons. The number of nitrogens with two attached hydrogens (primary N) is 1. The molecule has 1 saturated carbocycles. The van der Waals surface area contributed by atoms with Crippen molar-refractivity contribution in [3.63, 3.8) is 0 Å². The summed E-state index contributed by atoms with van der Waals surface area (Å²) in [5.74, 6) is 0.0756. The highest BCUT2D eigenvalue weighted by Crippen LogP contribution is 2.31. The van der Waals surface area contributed by atoms with Crippen molar-refractivity contribution in [2.24, 2.45) is 17.6 Å². The summed E-state index contributed by atoms with van der Waals surface area (Å²) in [5.41, 5.74) is 5.48. The predicted molar refractivity (Wildman–Crippen MR) is 62.8 cm³/mol. The van der Waals surface area contributed by atoms with Gasteiger partial charge in [-0.3, -0.25) is 4.79 Å². The molecular formula is C12H21F3N2O. The van der Waals surface area contributed by atoms with E-state index in [0.717, 1.165) is 32.1 Å². The third-order valence-corrected chi connectivity index (χ3v) is 3.44. The SMILES string of the molecule is NCCC1CCCC(C(=O)NCCC(F)(F)F)C1. The van der Waals surface area contributed by atoms with Gasteiger partial charge in [0, 0.05) is 12.5 Å². The van der Waals surface area contributed by atoms with E-state index in [1.165, 1.54) is 0 Å². The molecule has 6 heteroatoms. The van der Waals surface area contributed by atoms with Crippen LogP contribution in [0.25, 0.3) is 0 Å². The van der Waals surface area contributed by atoms with E-state index < -0.39 is 12.6 Å². The van der Waals surface area contributed by atoms with Crippen molar-refractivity contribution >= 4 is 5.91 Å². The molecule has 1 aliphatic carbocycles. The van der Waals surface area contributed by atoms with Crippen molar-refractivity contribution < 1.29 is 18.0 Å². The highest BCUT2D eigenvalue weighted by molar-refractivity contribution is 5.78. The zero-order valence-corrected chi connectivity index (χ0v) is 10.4. The first-order valence-electron chi connectivity index (χ1n) is 6.47. The molecule has 3 nitrogen and oxygen atoms in total. The number of hydrogen-bond acceptors (Lipinski definition) is 2. The molecule has 1 amide bonds. The normalized spacial score (nSPS) is 24.9. The maximum absolute atomic E-state index is 11.9. The predicted octanol–water partition coefficient (Wildman–Crippen LogP) is 2.21. The van der Waals surface area contributed by atoms with Crippen LogP contribution >= 0.6 is 0 Å². The molecule has 2 atom stereocenters. The minimum atomic E-state index is -4.21. The van der Waals surface area contributed by atoms with Crippen LogP contribution in [0.4, 0.5) is 13.2 Å². The Balaban J connectivity index is 2.28. The molecule has 18 heavy (non-hydrogen) atoms. The summed E-state index contributed by atoms with van der Waals surface area (Å²) in [6, 6.07) is 0. The summed E-state index contributed by atoms with van der Waals surface area (Å²) < 4.78 is 35.8. The van der Waals surface area contributed by atoms with Gasteiger partial charge in [-0.15, -0.1) is 0 Å². The summed E-state index contributed by atoms with van der Waals surface area (Å²) in [6.45, 7) is 0.285. The van der Waals surface area contributed by atoms with Gasteiger partial charge in [0.25, 0.3) is 0 Å². The lowest BCUT2D eigenvalue weighted by molar-refractivity contribution is -0.137. The maximum Gasteiger partial charge on any atom is 0.390 e. The fraction of sp³-hybridized carbons (Fsp3) is 0.917. The molecule has 0 saturated heterocycles. The number of halogens is 3. The van der Waals surface area contributed by atoms with Crippen molar-refractivity contribution in [3.05, 3.63) is 0 Å². The molecule has 0 radical (unpaired) electrons. The summed E-state index contributed by atoms with van der Waals surface area (Å²) in [7, 11) is 0. The molecule has 0 heterocycles. The first-order chi connectivity index (χ1) is 8.42. The van der Waals surface area contributed by atoms with Crippen LogP contribution in [0.3, 0.4) is 0 Å². The van der Waals surface area contributed by atoms with Crippen molar-refractivity contribution in [2.75, 3.05) is 13.1 Å². The summed E-state index contributed by atoms with van der Waals surface area (Å²) >= 11 is 0. The molecule has 1 fully saturated rings. The number of carbonyl (C=O) groups is 1. The highest BCUT2D eigenvalue weighted by Gasteiger charge is 2.29. The zero-order chi connectivity index (χ0) is 13.6. The zero-order valence-electron chi connectivity index (χ0n) is 10.4. The minimum absolute atomic E-state index is 0.136. The van der Waals surface area contributed by atoms with Crippen LogP contribution in [0.15, 0.2) is 0 Å². The third-order valence-electron chi connectivity index (χ3n) is 3.44. The number of alkyl halides is 3. The molecule has 0 aromatic rings. The first kappa shape index (κ1) is 15.3. The molecule has 2 unspecified atom stereocenters. The molecule has 0 bridgehead atoms. The lowest BCUT2D eigenvalue weighted by atomic mass is 9.79. The van der Waals surface area contributed by atoms with Crippen molar-refractivity contribution in [3.8, 4) is 0 Å². The second-order valence-electron chi connectivity index (χ2n) is 4.96. The Hall–Kier alpha value is -0.780. The van der Waals surface area contributed by atoms with E-state index in [0.29, 0.717) is 12.5 Å². The lowest BCUT2D eigenvalue weighted by Gasteiger charge is -2.28. The van der Waals surface area contributed by atoms with E-state index in [-0.39, 0.29) is 18.4 Å². The molecule has 1 aliphatic rings. The fourth-order valence-electron chi connectivity index (χ4n) is 2.50. The van der Waals surface area contributed by atoms with Crippen molar-refractivity contribution in [2.45, 2.75) is 44.7 Å². The van der Waals surface area contributed by atoms with Gasteiger partial charge in [0.2, 0.25) is 5.91 Å². The Morgan fingerprint density at radius 2 is 2.06 bits per heavy atom. The van der Waals surface area contributed by atoms with Gasteiger partial charge in [0.1, 0.15) is 0 Å². The van der Waals surface area contributed by atoms with Gasteiger partial charge in [-0.1, -0.05) is 12.8 Å². The number of amides is 1. The topological polar surface area (TPSA) is 55.1 Å². The van der Waals surface area contributed by atoms with Crippen LogP contribution in [0, 0.1) is 11.8 Å². The number of rotatable bonds is 5. The van der Waals surface area contributed by atoms with E-state index in [4.69, 9.17) is 5.73 Å². The van der Waals surface area contributed by atoms with Gasteiger partial charge >= 0.3 is 6.18 Å². The average Bonchev–Trinajstić information content (AvgIpc) is 2.28. The van der Waals surface area contributed by atoms with E-state index in [1.54, 1.807) is 0 Å². The summed E-state index contributed by atoms with van der Waals surface area (Å²) in [5, 5.41) is 2.38. The Morgan fingerprint density at radius 1 is 1.33 bits per heavy atom. The Kier molecular flexibility index (Phi) is 5.91. The van der Waals surface area contributed by atoms with Gasteiger partial charge in [0.15, 0.2) is 0 Å². The van der Waals surface area contributed by atoms with Gasteiger partial charge in [-0.2, -0.15) is 13.2 Å². The molecule has 0 aromatic carbocycles. The van der Waals surface area contributed by atoms with Gasteiger partial charge in [-0.05, 0) is 31.7 Å². The smallest absolute Gasteiger partial charge is 0.356 e. The molecule has 0 aliphatic heterocycles. The van der Waals surface area contributed by atoms with E-state index in [2.05, 4.69) is 5.32 Å². The van der Waals surface area contributed by atoms with Crippen LogP contribution in [-0.4, -0.2) is 25.2 Å². The first-order valence-corrected chi connectivity index (χ1v) is 6.47. The molecule has 0 aromatic heterocycles. The highest BCUT2D eigenvalue weighted by atomic mass is 19.4. The van der Waals surface area contributed by atoms with Crippen LogP contribution < -0.4 is 11.1 Å². The summed E-state index contributed by atoms with van der Waals surface area (Å²) in [4.78, 5) is 11.7. The van der Waals surface area contributed by atoms with Gasteiger partial charge in [-0.25, -0.2) is 0 Å². The average molecular weight is 266 g/mol. The van der Waals surface area contributed by atoms with Crippen LogP contribution in [0.1, 0.15) is 38.5 Å². The van der Waals surface area contributed by atoms with Crippen molar-refractivity contribution in [1.82, 2.24) is 5.32 Å². The number of nitrogens with one attached hydrogen (secondary N) is 1. The van der Waals surface area contributed by atoms with Crippen LogP contribution in [-0.2, 0) is 4.79 Å². The van der Waals surface area contributed by atoms with Crippen LogP contribution in [0.5, 0.6) is 0 Å². The molecule has 1 rings (SSSR count). The Bertz CT molecular complexity index is 267. The van der Waals surface area contributed by atoms with Gasteiger partial charge < -0.3 is 11.1 Å². The molecule has 3 N–H and O–H groups in total. The third kappa shape index (κ3) is 5.71. The largest absolute Gasteiger partial charge is 0.390 e. The van der Waals surface area contributed by atoms with Gasteiger partial charge in [0.05, 0.1) is 6.42 Å². The second-order valence-corrected chi connectivity index (χ2v) is 4.96. The summed E-state index contributed by atoms with van der Waals surface area (Å²) in [6.07, 6.45) is -0.703. The fourth-order valence-corrected chi connectivity index (χ4v) is 2.50. The minimum Gasteiger partial charge on any atom is -0.356 e. The second kappa shape index (κ2) is 6.97. The number of carbonyl (C=O) groups excluding carboxylic acids is 1. The van der Waals surface area contributed by atoms with E-state index in [1.807, 2.05) is 0 Å². The Labute approximate surface area is 105 Å². The quantitative estimate of drug-likeness (QED) is 0.801. The molecule has 0 spiro atoms. The van der Waals surface area contributed by atoms with Crippen LogP contribution in [0.2, 0.25) is 0 Å². The maximum atomic E-state index is 11.9. The standard InChI is InChI=1S/C12H21F3N2O/c13-12(14,15)5-7-17-11(18)10-3-1-2-9(8-10)4-6-16/h9-10H,1-8,16H2,(H,17,18). The molecular weight excluding hydrogens is 245 g/mol. The van der Waals surface area contributed by atoms with E-state index in [9.17, 15) is 18.0 Å². The van der Waals surface area contributed by atoms with E-state index >= 15 is 0 Å². The monoisotopic (exact) mass is 266 g/mol. The van der Waals surface area contributed by atoms with Crippen molar-refractivity contribution in [1.29, 1.82) is 0 Å². The Morgan fingerprint density at radius 3 is 2.67 bits per heavy atom. The number of hydrogen-bond donors (Lipinski definition) is 2.